The number of nitrogens with two attached hydrogens (primary N) is 1. The van der Waals surface area contributed by atoms with Crippen LogP contribution < -0.4 is 25.8 Å². The first-order valence-corrected chi connectivity index (χ1v) is 20.2. The van der Waals surface area contributed by atoms with E-state index in [1.807, 2.05) is 4.72 Å². The summed E-state index contributed by atoms with van der Waals surface area (Å²) in [5, 5.41) is 13.0. The summed E-state index contributed by atoms with van der Waals surface area (Å²) < 4.78 is 60.9. The minimum absolute atomic E-state index is 0. The van der Waals surface area contributed by atoms with Crippen LogP contribution in [-0.2, 0) is 43.9 Å². The molecule has 7 N–H and O–H groups in total. The monoisotopic (exact) mass is 823 g/mol. The number of carbonyl (C=O) groups is 5. The molecular weight excluding hydrogens is 770 g/mol. The van der Waals surface area contributed by atoms with Crippen molar-refractivity contribution in [3.63, 3.8) is 0 Å². The van der Waals surface area contributed by atoms with Gasteiger partial charge in [-0.2, -0.15) is 0 Å². The molecule has 5 aliphatic carbocycles. The van der Waals surface area contributed by atoms with E-state index in [0.29, 0.717) is 44.9 Å². The van der Waals surface area contributed by atoms with Gasteiger partial charge in [-0.15, -0.1) is 32.1 Å². The van der Waals surface area contributed by atoms with Gasteiger partial charge in [-0.3, -0.25) is 19.0 Å². The lowest BCUT2D eigenvalue weighted by Gasteiger charge is -2.23. The molecule has 20 heteroatoms. The number of hydrogen-bond donors (Lipinski definition) is 6. The second-order valence-corrected chi connectivity index (χ2v) is 20.0. The molecule has 4 amide bonds. The Morgan fingerprint density at radius 3 is 1.31 bits per heavy atom. The van der Waals surface area contributed by atoms with E-state index in [1.165, 1.54) is 12.2 Å². The summed E-state index contributed by atoms with van der Waals surface area (Å²) in [6, 6.07) is 0. The molecular formula is C34H54ClN5O12S2. The van der Waals surface area contributed by atoms with E-state index in [9.17, 15) is 40.8 Å². The highest BCUT2D eigenvalue weighted by atomic mass is 35.5. The number of hydrogen-bond acceptors (Lipinski definition) is 12. The van der Waals surface area contributed by atoms with E-state index in [4.69, 9.17) is 20.3 Å². The zero-order chi connectivity index (χ0) is 40.6. The standard InChI is InChI=1S/C14H22N2O5S.C11H17NO4.C9H14N2O3S.ClH/c1-5-9-8-14(9,15-12(18)21-13(2,3)4)11(17)16-22(19,20)10-6-7-10;1-5-7-6-11(7,8(13)14)12-9(15)16-10(2,3)4;1-2-6-5-9(6,10)8(12)11-15(13,14)7-3-4-7;/h5,9-10H,1,6-8H2,2-4H3,(H,15,18)(H,16,17);5,7H,1,6H2,2-4H3,(H,12,15)(H,13,14);2,6-7H,1,3-5,10H2,(H,11,12);1H/t9?,14-;7?,11-;6?,9-;/m111./s1. The third kappa shape index (κ3) is 11.9. The fraction of sp³-hybridized carbons (Fsp3) is 0.676. The Morgan fingerprint density at radius 2 is 1.02 bits per heavy atom. The molecule has 6 atom stereocenters. The number of nitrogens with one attached hydrogen (secondary N) is 4. The number of amides is 4. The van der Waals surface area contributed by atoms with Crippen LogP contribution in [0.2, 0.25) is 0 Å². The van der Waals surface area contributed by atoms with E-state index in [1.54, 1.807) is 47.6 Å². The maximum Gasteiger partial charge on any atom is 0.408 e. The Morgan fingerprint density at radius 1 is 0.667 bits per heavy atom. The zero-order valence-corrected chi connectivity index (χ0v) is 33.9. The molecule has 5 fully saturated rings. The van der Waals surface area contributed by atoms with Crippen LogP contribution in [0.15, 0.2) is 38.0 Å². The van der Waals surface area contributed by atoms with Gasteiger partial charge in [-0.05, 0) is 86.5 Å². The lowest BCUT2D eigenvalue weighted by atomic mass is 10.2. The van der Waals surface area contributed by atoms with Crippen molar-refractivity contribution < 1.29 is 55.4 Å². The molecule has 3 unspecified atom stereocenters. The van der Waals surface area contributed by atoms with Crippen molar-refractivity contribution in [2.24, 2.45) is 23.5 Å². The molecule has 0 aromatic carbocycles. The highest BCUT2D eigenvalue weighted by molar-refractivity contribution is 7.91. The summed E-state index contributed by atoms with van der Waals surface area (Å²) in [5.41, 5.74) is 0.825. The molecule has 0 spiro atoms. The molecule has 306 valence electrons. The number of carboxylic acid groups (broad SMARTS) is 1. The first-order valence-electron chi connectivity index (χ1n) is 17.2. The predicted octanol–water partition coefficient (Wildman–Crippen LogP) is 2.52. The number of alkyl carbamates (subject to hydrolysis) is 2. The topological polar surface area (TPSA) is 266 Å². The Labute approximate surface area is 323 Å². The van der Waals surface area contributed by atoms with Crippen molar-refractivity contribution in [1.82, 2.24) is 20.1 Å². The minimum atomic E-state index is -3.66. The molecule has 0 radical (unpaired) electrons. The Kier molecular flexibility index (Phi) is 13.9. The van der Waals surface area contributed by atoms with Gasteiger partial charge in [-0.25, -0.2) is 31.2 Å². The molecule has 5 saturated carbocycles. The van der Waals surface area contributed by atoms with Crippen LogP contribution in [0, 0.1) is 17.8 Å². The number of carboxylic acids is 1. The maximum atomic E-state index is 12.3. The van der Waals surface area contributed by atoms with E-state index in [0.717, 1.165) is 0 Å². The van der Waals surface area contributed by atoms with Gasteiger partial charge in [-0.1, -0.05) is 18.2 Å². The van der Waals surface area contributed by atoms with Crippen molar-refractivity contribution in [2.75, 3.05) is 0 Å². The number of halogens is 1. The Bertz CT molecular complexity index is 1750. The summed E-state index contributed by atoms with van der Waals surface area (Å²) in [6.45, 7) is 20.9. The van der Waals surface area contributed by atoms with Crippen LogP contribution in [0.3, 0.4) is 0 Å². The van der Waals surface area contributed by atoms with Crippen molar-refractivity contribution >= 4 is 62.4 Å². The first-order chi connectivity index (χ1) is 24.1. The number of ether oxygens (including phenoxy) is 2. The van der Waals surface area contributed by atoms with Crippen molar-refractivity contribution in [3.05, 3.63) is 38.0 Å². The maximum absolute atomic E-state index is 12.3. The highest BCUT2D eigenvalue weighted by Gasteiger charge is 2.62. The number of carbonyl (C=O) groups excluding carboxylic acids is 4. The largest absolute Gasteiger partial charge is 0.479 e. The van der Waals surface area contributed by atoms with E-state index >= 15 is 0 Å². The first kappa shape index (κ1) is 46.5. The molecule has 0 bridgehead atoms. The minimum Gasteiger partial charge on any atom is -0.479 e. The molecule has 17 nitrogen and oxygen atoms in total. The van der Waals surface area contributed by atoms with Crippen molar-refractivity contribution in [1.29, 1.82) is 0 Å². The average molecular weight is 824 g/mol. The lowest BCUT2D eigenvalue weighted by Crippen LogP contribution is -2.53. The SMILES string of the molecule is C=CC1C[C@]1(N)C(=O)NS(=O)(=O)C1CC1.C=CC1C[C@]1(NC(=O)OC(C)(C)C)C(=O)NS(=O)(=O)C1CC1.C=CC1C[C@]1(NC(=O)OC(C)(C)C)C(=O)O.Cl. The summed E-state index contributed by atoms with van der Waals surface area (Å²) in [4.78, 5) is 58.3. The van der Waals surface area contributed by atoms with Crippen molar-refractivity contribution in [3.8, 4) is 0 Å². The number of aliphatic carboxylic acids is 1. The quantitative estimate of drug-likeness (QED) is 0.155. The summed E-state index contributed by atoms with van der Waals surface area (Å²) in [7, 11) is -7.13. The van der Waals surface area contributed by atoms with Crippen LogP contribution in [0.4, 0.5) is 9.59 Å². The van der Waals surface area contributed by atoms with E-state index < -0.39 is 88.3 Å². The van der Waals surface area contributed by atoms with Crippen LogP contribution in [0.5, 0.6) is 0 Å². The van der Waals surface area contributed by atoms with Crippen LogP contribution in [0.1, 0.15) is 86.5 Å². The molecule has 5 aliphatic rings. The molecule has 0 aromatic heterocycles. The lowest BCUT2D eigenvalue weighted by molar-refractivity contribution is -0.141. The summed E-state index contributed by atoms with van der Waals surface area (Å²) >= 11 is 0. The van der Waals surface area contributed by atoms with Gasteiger partial charge in [0.15, 0.2) is 0 Å². The van der Waals surface area contributed by atoms with E-state index in [2.05, 4.69) is 35.1 Å². The van der Waals surface area contributed by atoms with Gasteiger partial charge < -0.3 is 30.9 Å². The Balaban J connectivity index is 0.000000284. The third-order valence-corrected chi connectivity index (χ3v) is 12.6. The van der Waals surface area contributed by atoms with Gasteiger partial charge in [0, 0.05) is 17.8 Å². The molecule has 0 aliphatic heterocycles. The fourth-order valence-electron chi connectivity index (χ4n) is 5.25. The smallest absolute Gasteiger partial charge is 0.408 e. The Hall–Kier alpha value is -3.68. The van der Waals surface area contributed by atoms with Crippen LogP contribution >= 0.6 is 12.4 Å². The molecule has 5 rings (SSSR count). The predicted molar refractivity (Wildman–Crippen MR) is 201 cm³/mol. The third-order valence-electron chi connectivity index (χ3n) is 9.00. The van der Waals surface area contributed by atoms with E-state index in [-0.39, 0.29) is 30.2 Å². The normalized spacial score (nSPS) is 29.2. The van der Waals surface area contributed by atoms with Gasteiger partial charge in [0.2, 0.25) is 20.0 Å². The average Bonchev–Trinajstić information content (AvgIpc) is 3.78. The fourth-order valence-corrected chi connectivity index (χ4v) is 7.98. The van der Waals surface area contributed by atoms with Gasteiger partial charge >= 0.3 is 18.2 Å². The second-order valence-electron chi connectivity index (χ2n) is 16.0. The molecule has 54 heavy (non-hydrogen) atoms. The van der Waals surface area contributed by atoms with Crippen LogP contribution in [0.25, 0.3) is 0 Å². The van der Waals surface area contributed by atoms with Gasteiger partial charge in [0.05, 0.1) is 10.5 Å². The van der Waals surface area contributed by atoms with Crippen molar-refractivity contribution in [2.45, 2.75) is 125 Å². The van der Waals surface area contributed by atoms with Crippen LogP contribution in [-0.4, -0.2) is 90.2 Å². The molecule has 0 saturated heterocycles. The van der Waals surface area contributed by atoms with Gasteiger partial charge in [0.1, 0.15) is 27.8 Å². The van der Waals surface area contributed by atoms with Gasteiger partial charge in [0.25, 0.3) is 11.8 Å². The highest BCUT2D eigenvalue weighted by Crippen LogP contribution is 2.46. The summed E-state index contributed by atoms with van der Waals surface area (Å²) in [5.74, 6) is -3.02. The molecule has 0 heterocycles. The number of sulfonamides is 2. The summed E-state index contributed by atoms with van der Waals surface area (Å²) in [6.07, 6.45) is 6.70. The second kappa shape index (κ2) is 16.2. The zero-order valence-electron chi connectivity index (χ0n) is 31.4. The molecule has 0 aromatic rings. The number of rotatable bonds is 12.